The van der Waals surface area contributed by atoms with E-state index in [9.17, 15) is 0 Å². The Labute approximate surface area is 196 Å². The minimum atomic E-state index is 0.0963. The Morgan fingerprint density at radius 3 is 2.66 bits per heavy atom. The van der Waals surface area contributed by atoms with Crippen LogP contribution in [-0.4, -0.2) is 42.7 Å². The summed E-state index contributed by atoms with van der Waals surface area (Å²) in [6, 6.07) is 17.8. The van der Waals surface area contributed by atoms with Gasteiger partial charge >= 0.3 is 0 Å². The minimum Gasteiger partial charge on any atom is -0.493 e. The first-order chi connectivity index (χ1) is 15.7. The van der Waals surface area contributed by atoms with Crippen LogP contribution >= 0.6 is 11.3 Å². The molecule has 1 saturated heterocycles. The highest BCUT2D eigenvalue weighted by atomic mass is 32.1. The molecule has 0 radical (unpaired) electrons. The van der Waals surface area contributed by atoms with Crippen LogP contribution in [0, 0.1) is 5.92 Å². The van der Waals surface area contributed by atoms with Crippen LogP contribution in [-0.2, 0) is 0 Å². The molecule has 0 bridgehead atoms. The molecular weight excluding hydrogens is 414 g/mol. The number of ether oxygens (including phenoxy) is 1. The third kappa shape index (κ3) is 5.33. The summed E-state index contributed by atoms with van der Waals surface area (Å²) >= 11 is 1.81. The second-order valence-electron chi connectivity index (χ2n) is 9.58. The van der Waals surface area contributed by atoms with Gasteiger partial charge in [0.2, 0.25) is 0 Å². The van der Waals surface area contributed by atoms with E-state index in [-0.39, 0.29) is 6.04 Å². The van der Waals surface area contributed by atoms with E-state index >= 15 is 0 Å². The maximum Gasteiger partial charge on any atom is 0.119 e. The number of piperidine rings is 1. The van der Waals surface area contributed by atoms with E-state index in [2.05, 4.69) is 65.8 Å². The largest absolute Gasteiger partial charge is 0.493 e. The zero-order chi connectivity index (χ0) is 21.8. The molecule has 32 heavy (non-hydrogen) atoms. The lowest BCUT2D eigenvalue weighted by molar-refractivity contribution is 0.208. The molecule has 2 aromatic carbocycles. The molecule has 1 unspecified atom stereocenters. The number of thiazole rings is 1. The Kier molecular flexibility index (Phi) is 7.06. The quantitative estimate of drug-likeness (QED) is 0.478. The number of aromatic nitrogens is 1. The van der Waals surface area contributed by atoms with Gasteiger partial charge in [0, 0.05) is 6.04 Å². The molecule has 1 aromatic heterocycles. The lowest BCUT2D eigenvalue weighted by Crippen LogP contribution is -2.42. The van der Waals surface area contributed by atoms with E-state index < -0.39 is 0 Å². The van der Waals surface area contributed by atoms with E-state index in [1.165, 1.54) is 55.2 Å². The SMILES string of the molecule is CN1CCC(NC(c2cccc(OCC3CCCCC3)c2)c2nc3ccccc3s2)CC1. The number of para-hydroxylation sites is 1. The number of nitrogens with one attached hydrogen (secondary N) is 1. The molecule has 0 amide bonds. The predicted molar refractivity (Wildman–Crippen MR) is 134 cm³/mol. The van der Waals surface area contributed by atoms with Gasteiger partial charge in [-0.25, -0.2) is 4.98 Å². The van der Waals surface area contributed by atoms with Crippen molar-refractivity contribution in [3.05, 3.63) is 59.1 Å². The van der Waals surface area contributed by atoms with Crippen molar-refractivity contribution in [2.75, 3.05) is 26.7 Å². The molecule has 1 saturated carbocycles. The molecule has 5 heteroatoms. The van der Waals surface area contributed by atoms with Gasteiger partial charge in [0.1, 0.15) is 10.8 Å². The van der Waals surface area contributed by atoms with Crippen molar-refractivity contribution in [3.63, 3.8) is 0 Å². The first-order valence-electron chi connectivity index (χ1n) is 12.3. The Balaban J connectivity index is 1.37. The first kappa shape index (κ1) is 21.9. The zero-order valence-electron chi connectivity index (χ0n) is 19.1. The molecule has 1 atom stereocenters. The number of rotatable bonds is 7. The van der Waals surface area contributed by atoms with Crippen LogP contribution in [0.5, 0.6) is 5.75 Å². The van der Waals surface area contributed by atoms with Gasteiger partial charge in [0.25, 0.3) is 0 Å². The van der Waals surface area contributed by atoms with E-state index in [0.29, 0.717) is 12.0 Å². The fourth-order valence-electron chi connectivity index (χ4n) is 5.09. The van der Waals surface area contributed by atoms with Gasteiger partial charge < -0.3 is 15.0 Å². The topological polar surface area (TPSA) is 37.4 Å². The van der Waals surface area contributed by atoms with Gasteiger partial charge in [-0.15, -0.1) is 11.3 Å². The number of benzene rings is 2. The molecule has 0 spiro atoms. The van der Waals surface area contributed by atoms with Crippen molar-refractivity contribution in [2.24, 2.45) is 5.92 Å². The van der Waals surface area contributed by atoms with Crippen LogP contribution in [0.15, 0.2) is 48.5 Å². The van der Waals surface area contributed by atoms with Crippen molar-refractivity contribution < 1.29 is 4.74 Å². The summed E-state index contributed by atoms with van der Waals surface area (Å²) in [6.45, 7) is 3.14. The van der Waals surface area contributed by atoms with Gasteiger partial charge in [0.05, 0.1) is 22.9 Å². The Hall–Kier alpha value is -1.95. The van der Waals surface area contributed by atoms with E-state index in [1.54, 1.807) is 11.3 Å². The van der Waals surface area contributed by atoms with Gasteiger partial charge in [-0.1, -0.05) is 43.5 Å². The second-order valence-corrected chi connectivity index (χ2v) is 10.6. The molecule has 1 aliphatic heterocycles. The third-order valence-electron chi connectivity index (χ3n) is 7.08. The van der Waals surface area contributed by atoms with Crippen molar-refractivity contribution in [1.29, 1.82) is 0 Å². The highest BCUT2D eigenvalue weighted by Crippen LogP contribution is 2.33. The molecule has 1 N–H and O–H groups in total. The monoisotopic (exact) mass is 449 g/mol. The summed E-state index contributed by atoms with van der Waals surface area (Å²) in [7, 11) is 2.22. The van der Waals surface area contributed by atoms with Gasteiger partial charge in [0.15, 0.2) is 0 Å². The van der Waals surface area contributed by atoms with E-state index in [1.807, 2.05) is 0 Å². The molecule has 170 valence electrons. The minimum absolute atomic E-state index is 0.0963. The highest BCUT2D eigenvalue weighted by molar-refractivity contribution is 7.18. The number of likely N-dealkylation sites (tertiary alicyclic amines) is 1. The Morgan fingerprint density at radius 1 is 1.03 bits per heavy atom. The molecular formula is C27H35N3OS. The van der Waals surface area contributed by atoms with Gasteiger partial charge in [-0.2, -0.15) is 0 Å². The highest BCUT2D eigenvalue weighted by Gasteiger charge is 2.25. The molecule has 2 fully saturated rings. The van der Waals surface area contributed by atoms with Crippen molar-refractivity contribution >= 4 is 21.6 Å². The Morgan fingerprint density at radius 2 is 1.84 bits per heavy atom. The maximum atomic E-state index is 6.28. The summed E-state index contributed by atoms with van der Waals surface area (Å²) in [5.74, 6) is 1.70. The van der Waals surface area contributed by atoms with Crippen LogP contribution < -0.4 is 10.1 Å². The predicted octanol–water partition coefficient (Wildman–Crippen LogP) is 6.03. The zero-order valence-corrected chi connectivity index (χ0v) is 19.9. The summed E-state index contributed by atoms with van der Waals surface area (Å²) in [5.41, 5.74) is 2.34. The normalized spacial score (nSPS) is 19.9. The second kappa shape index (κ2) is 10.3. The summed E-state index contributed by atoms with van der Waals surface area (Å²) in [5, 5.41) is 5.12. The fourth-order valence-corrected chi connectivity index (χ4v) is 6.14. The third-order valence-corrected chi connectivity index (χ3v) is 8.18. The smallest absolute Gasteiger partial charge is 0.119 e. The number of hydrogen-bond donors (Lipinski definition) is 1. The standard InChI is InChI=1S/C27H35N3OS/c1-30-16-14-22(15-17-30)28-26(27-29-24-12-5-6-13-25(24)32-27)21-10-7-11-23(18-21)31-19-20-8-3-2-4-9-20/h5-7,10-13,18,20,22,26,28H,2-4,8-9,14-17,19H2,1H3. The van der Waals surface area contributed by atoms with Crippen LogP contribution in [0.25, 0.3) is 10.2 Å². The van der Waals surface area contributed by atoms with Gasteiger partial charge in [-0.05, 0) is 81.6 Å². The average molecular weight is 450 g/mol. The van der Waals surface area contributed by atoms with Crippen LogP contribution in [0.1, 0.15) is 61.6 Å². The van der Waals surface area contributed by atoms with Crippen LogP contribution in [0.2, 0.25) is 0 Å². The van der Waals surface area contributed by atoms with Crippen LogP contribution in [0.3, 0.4) is 0 Å². The Bertz CT molecular complexity index is 972. The fraction of sp³-hybridized carbons (Fsp3) is 0.519. The maximum absolute atomic E-state index is 6.28. The first-order valence-corrected chi connectivity index (χ1v) is 13.1. The summed E-state index contributed by atoms with van der Waals surface area (Å²) in [4.78, 5) is 7.44. The summed E-state index contributed by atoms with van der Waals surface area (Å²) < 4.78 is 7.54. The molecule has 5 rings (SSSR count). The van der Waals surface area contributed by atoms with Crippen LogP contribution in [0.4, 0.5) is 0 Å². The van der Waals surface area contributed by atoms with Crippen molar-refractivity contribution in [3.8, 4) is 5.75 Å². The lowest BCUT2D eigenvalue weighted by atomic mass is 9.90. The molecule has 2 heterocycles. The lowest BCUT2D eigenvalue weighted by Gasteiger charge is -2.32. The van der Waals surface area contributed by atoms with E-state index in [0.717, 1.165) is 36.0 Å². The summed E-state index contributed by atoms with van der Waals surface area (Å²) in [6.07, 6.45) is 9.07. The van der Waals surface area contributed by atoms with E-state index in [4.69, 9.17) is 9.72 Å². The van der Waals surface area contributed by atoms with Crippen molar-refractivity contribution in [1.82, 2.24) is 15.2 Å². The van der Waals surface area contributed by atoms with Crippen molar-refractivity contribution in [2.45, 2.75) is 57.0 Å². The molecule has 4 nitrogen and oxygen atoms in total. The van der Waals surface area contributed by atoms with Gasteiger partial charge in [-0.3, -0.25) is 0 Å². The average Bonchev–Trinajstić information content (AvgIpc) is 3.27. The number of hydrogen-bond acceptors (Lipinski definition) is 5. The number of nitrogens with zero attached hydrogens (tertiary/aromatic N) is 2. The molecule has 3 aromatic rings. The molecule has 2 aliphatic rings. The molecule has 1 aliphatic carbocycles. The number of fused-ring (bicyclic) bond motifs is 1.